The number of nitrogens with zero attached hydrogens (tertiary/aromatic N) is 3. The average Bonchev–Trinajstić information content (AvgIpc) is 3.35. The van der Waals surface area contributed by atoms with Crippen molar-refractivity contribution in [2.24, 2.45) is 5.73 Å². The number of carbonyl (C=O) groups excluding carboxylic acids is 1. The van der Waals surface area contributed by atoms with Crippen LogP contribution in [0.3, 0.4) is 0 Å². The van der Waals surface area contributed by atoms with E-state index in [4.69, 9.17) is 5.73 Å². The third kappa shape index (κ3) is 3.20. The van der Waals surface area contributed by atoms with Crippen LogP contribution < -0.4 is 5.73 Å². The molecular formula is C18H22N4OS. The van der Waals surface area contributed by atoms with E-state index in [-0.39, 0.29) is 5.91 Å². The van der Waals surface area contributed by atoms with E-state index in [0.717, 1.165) is 11.0 Å². The number of benzene rings is 1. The number of thioether (sulfide) groups is 1. The monoisotopic (exact) mass is 342 g/mol. The largest absolute Gasteiger partial charge is 0.370 e. The molecule has 1 heterocycles. The first-order chi connectivity index (χ1) is 11.7. The molecule has 2 N–H and O–H groups in total. The van der Waals surface area contributed by atoms with Gasteiger partial charge in [0, 0.05) is 24.1 Å². The van der Waals surface area contributed by atoms with Crippen LogP contribution in [0.4, 0.5) is 0 Å². The van der Waals surface area contributed by atoms with Crippen molar-refractivity contribution >= 4 is 17.7 Å². The van der Waals surface area contributed by atoms with Gasteiger partial charge in [-0.25, -0.2) is 0 Å². The number of primary amides is 1. The molecule has 0 radical (unpaired) electrons. The summed E-state index contributed by atoms with van der Waals surface area (Å²) in [7, 11) is 0. The summed E-state index contributed by atoms with van der Waals surface area (Å²) in [6, 6.07) is 9.25. The second-order valence-electron chi connectivity index (χ2n) is 6.66. The summed E-state index contributed by atoms with van der Waals surface area (Å²) < 4.78 is 2.25. The van der Waals surface area contributed by atoms with E-state index in [0.29, 0.717) is 24.1 Å². The number of carbonyl (C=O) groups is 1. The zero-order valence-electron chi connectivity index (χ0n) is 13.6. The minimum Gasteiger partial charge on any atom is -0.370 e. The zero-order valence-corrected chi connectivity index (χ0v) is 14.5. The highest BCUT2D eigenvalue weighted by molar-refractivity contribution is 7.99. The molecule has 1 atom stereocenters. The van der Waals surface area contributed by atoms with Crippen molar-refractivity contribution in [1.29, 1.82) is 0 Å². The van der Waals surface area contributed by atoms with Crippen molar-refractivity contribution in [1.82, 2.24) is 14.8 Å². The van der Waals surface area contributed by atoms with Crippen LogP contribution in [0.1, 0.15) is 60.3 Å². The Balaban J connectivity index is 1.58. The van der Waals surface area contributed by atoms with Gasteiger partial charge in [-0.1, -0.05) is 36.0 Å². The van der Waals surface area contributed by atoms with E-state index in [9.17, 15) is 4.79 Å². The van der Waals surface area contributed by atoms with Gasteiger partial charge >= 0.3 is 0 Å². The molecular weight excluding hydrogens is 320 g/mol. The molecule has 4 rings (SSSR count). The summed E-state index contributed by atoms with van der Waals surface area (Å²) >= 11 is 1.83. The van der Waals surface area contributed by atoms with Crippen molar-refractivity contribution in [2.75, 3.05) is 0 Å². The van der Waals surface area contributed by atoms with Gasteiger partial charge in [0.2, 0.25) is 5.91 Å². The fourth-order valence-electron chi connectivity index (χ4n) is 3.45. The Kier molecular flexibility index (Phi) is 4.31. The average molecular weight is 342 g/mol. The van der Waals surface area contributed by atoms with Gasteiger partial charge in [-0.05, 0) is 43.2 Å². The maximum absolute atomic E-state index is 11.1. The Morgan fingerprint density at radius 3 is 2.88 bits per heavy atom. The van der Waals surface area contributed by atoms with Crippen molar-refractivity contribution in [3.05, 3.63) is 41.2 Å². The van der Waals surface area contributed by atoms with Gasteiger partial charge in [0.25, 0.3) is 0 Å². The molecule has 1 amide bonds. The van der Waals surface area contributed by atoms with E-state index in [2.05, 4.69) is 39.0 Å². The predicted molar refractivity (Wildman–Crippen MR) is 93.8 cm³/mol. The van der Waals surface area contributed by atoms with Crippen LogP contribution in [0.25, 0.3) is 0 Å². The highest BCUT2D eigenvalue weighted by Crippen LogP contribution is 2.46. The SMILES string of the molecule is NC(=O)CCc1nnc(S[C@@H]2CCCc3ccccc32)n1C1CC1. The van der Waals surface area contributed by atoms with E-state index in [1.807, 2.05) is 11.8 Å². The third-order valence-corrected chi connectivity index (χ3v) is 6.07. The number of hydrogen-bond acceptors (Lipinski definition) is 4. The number of nitrogens with two attached hydrogens (primary N) is 1. The van der Waals surface area contributed by atoms with Gasteiger partial charge in [0.05, 0.1) is 0 Å². The molecule has 24 heavy (non-hydrogen) atoms. The van der Waals surface area contributed by atoms with Crippen LogP contribution in [-0.4, -0.2) is 20.7 Å². The molecule has 6 heteroatoms. The first kappa shape index (κ1) is 15.7. The van der Waals surface area contributed by atoms with E-state index >= 15 is 0 Å². The Hall–Kier alpha value is -1.82. The van der Waals surface area contributed by atoms with Crippen molar-refractivity contribution < 1.29 is 4.79 Å². The van der Waals surface area contributed by atoms with E-state index in [1.165, 1.54) is 43.2 Å². The van der Waals surface area contributed by atoms with Crippen molar-refractivity contribution in [2.45, 2.75) is 61.4 Å². The second-order valence-corrected chi connectivity index (χ2v) is 7.83. The number of aryl methyl sites for hydroxylation is 2. The van der Waals surface area contributed by atoms with E-state index in [1.54, 1.807) is 0 Å². The van der Waals surface area contributed by atoms with Gasteiger partial charge in [0.15, 0.2) is 5.16 Å². The number of rotatable bonds is 6. The van der Waals surface area contributed by atoms with Crippen LogP contribution in [0.2, 0.25) is 0 Å². The Morgan fingerprint density at radius 1 is 1.25 bits per heavy atom. The lowest BCUT2D eigenvalue weighted by Crippen LogP contribution is -2.13. The fraction of sp³-hybridized carbons (Fsp3) is 0.500. The maximum atomic E-state index is 11.1. The van der Waals surface area contributed by atoms with E-state index < -0.39 is 0 Å². The zero-order chi connectivity index (χ0) is 16.5. The summed E-state index contributed by atoms with van der Waals surface area (Å²) in [5.74, 6) is 0.624. The molecule has 1 aromatic heterocycles. The normalized spacial score (nSPS) is 19.9. The first-order valence-corrected chi connectivity index (χ1v) is 9.57. The molecule has 1 fully saturated rings. The quantitative estimate of drug-likeness (QED) is 0.875. The molecule has 0 saturated heterocycles. The van der Waals surface area contributed by atoms with Crippen molar-refractivity contribution in [3.63, 3.8) is 0 Å². The number of amides is 1. The molecule has 0 bridgehead atoms. The predicted octanol–water partition coefficient (Wildman–Crippen LogP) is 3.20. The molecule has 2 aromatic rings. The van der Waals surface area contributed by atoms with Crippen LogP contribution in [-0.2, 0) is 17.6 Å². The number of aromatic nitrogens is 3. The molecule has 1 aromatic carbocycles. The summed E-state index contributed by atoms with van der Waals surface area (Å²) in [6.07, 6.45) is 6.85. The molecule has 0 aliphatic heterocycles. The molecule has 2 aliphatic rings. The van der Waals surface area contributed by atoms with Crippen LogP contribution in [0.5, 0.6) is 0 Å². The molecule has 2 aliphatic carbocycles. The summed E-state index contributed by atoms with van der Waals surface area (Å²) in [6.45, 7) is 0. The van der Waals surface area contributed by atoms with Crippen LogP contribution >= 0.6 is 11.8 Å². The van der Waals surface area contributed by atoms with Gasteiger partial charge in [-0.15, -0.1) is 10.2 Å². The van der Waals surface area contributed by atoms with Gasteiger partial charge < -0.3 is 10.3 Å². The lowest BCUT2D eigenvalue weighted by Gasteiger charge is -2.24. The number of fused-ring (bicyclic) bond motifs is 1. The minimum atomic E-state index is -0.282. The Labute approximate surface area is 146 Å². The molecule has 0 spiro atoms. The second kappa shape index (κ2) is 6.59. The topological polar surface area (TPSA) is 73.8 Å². The molecule has 126 valence electrons. The highest BCUT2D eigenvalue weighted by Gasteiger charge is 2.31. The van der Waals surface area contributed by atoms with Crippen molar-refractivity contribution in [3.8, 4) is 0 Å². The molecule has 5 nitrogen and oxygen atoms in total. The standard InChI is InChI=1S/C18H22N4OS/c19-16(23)10-11-17-20-21-18(22(17)13-8-9-13)24-15-7-3-5-12-4-1-2-6-14(12)15/h1-2,4,6,13,15H,3,5,7-11H2,(H2,19,23)/t15-/m1/s1. The Morgan fingerprint density at radius 2 is 2.08 bits per heavy atom. The van der Waals surface area contributed by atoms with Gasteiger partial charge in [-0.2, -0.15) is 0 Å². The van der Waals surface area contributed by atoms with Crippen LogP contribution in [0, 0.1) is 0 Å². The molecule has 1 saturated carbocycles. The summed E-state index contributed by atoms with van der Waals surface area (Å²) in [5.41, 5.74) is 8.20. The summed E-state index contributed by atoms with van der Waals surface area (Å²) in [5, 5.41) is 10.2. The lowest BCUT2D eigenvalue weighted by atomic mass is 9.91. The van der Waals surface area contributed by atoms with Crippen LogP contribution in [0.15, 0.2) is 29.4 Å². The smallest absolute Gasteiger partial charge is 0.217 e. The molecule has 0 unspecified atom stereocenters. The minimum absolute atomic E-state index is 0.282. The third-order valence-electron chi connectivity index (χ3n) is 4.80. The maximum Gasteiger partial charge on any atom is 0.217 e. The fourth-order valence-corrected chi connectivity index (χ4v) is 4.80. The Bertz CT molecular complexity index is 753. The van der Waals surface area contributed by atoms with Gasteiger partial charge in [0.1, 0.15) is 5.82 Å². The lowest BCUT2D eigenvalue weighted by molar-refractivity contribution is -0.118. The number of hydrogen-bond donors (Lipinski definition) is 1. The first-order valence-electron chi connectivity index (χ1n) is 8.69. The summed E-state index contributed by atoms with van der Waals surface area (Å²) in [4.78, 5) is 11.1. The van der Waals surface area contributed by atoms with Gasteiger partial charge in [-0.3, -0.25) is 4.79 Å². The highest BCUT2D eigenvalue weighted by atomic mass is 32.2.